The largest absolute Gasteiger partial charge is 0.441 e. The summed E-state index contributed by atoms with van der Waals surface area (Å²) in [5.74, 6) is 2.33. The Labute approximate surface area is 188 Å². The van der Waals surface area contributed by atoms with Gasteiger partial charge in [0, 0.05) is 57.5 Å². The molecule has 1 amide bonds. The van der Waals surface area contributed by atoms with Gasteiger partial charge in [0.25, 0.3) is 0 Å². The second-order valence-electron chi connectivity index (χ2n) is 7.19. The predicted octanol–water partition coefficient (Wildman–Crippen LogP) is 3.33. The van der Waals surface area contributed by atoms with E-state index in [-0.39, 0.29) is 36.8 Å². The SMILES string of the molecule is Cc1ccc(-c2cnc(CCC(=O)N3CCNCC3c3nccn3C)o2)cc1.Cl.Cl. The Balaban J connectivity index is 0.00000160. The number of carbonyl (C=O) groups excluding carboxylic acids is 1. The lowest BCUT2D eigenvalue weighted by Gasteiger charge is -2.35. The zero-order valence-corrected chi connectivity index (χ0v) is 18.7. The number of imidazole rings is 1. The van der Waals surface area contributed by atoms with E-state index < -0.39 is 0 Å². The third kappa shape index (κ3) is 5.22. The summed E-state index contributed by atoms with van der Waals surface area (Å²) in [6.07, 6.45) is 6.26. The number of benzene rings is 1. The molecule has 3 aromatic rings. The molecule has 30 heavy (non-hydrogen) atoms. The average molecular weight is 452 g/mol. The number of carbonyl (C=O) groups is 1. The van der Waals surface area contributed by atoms with E-state index in [0.29, 0.717) is 31.8 Å². The number of piperazine rings is 1. The quantitative estimate of drug-likeness (QED) is 0.643. The standard InChI is InChI=1S/C21H25N5O2.2ClH/c1-15-3-5-16(6-4-15)18-14-24-19(28-18)7-8-20(27)26-12-9-22-13-17(26)21-23-10-11-25(21)2;;/h3-6,10-11,14,17,22H,7-9,12-13H2,1-2H3;2*1H. The van der Waals surface area contributed by atoms with Crippen LogP contribution in [0.4, 0.5) is 0 Å². The fraction of sp³-hybridized carbons (Fsp3) is 0.381. The molecule has 1 aliphatic heterocycles. The Morgan fingerprint density at radius 3 is 2.70 bits per heavy atom. The van der Waals surface area contributed by atoms with Crippen LogP contribution in [0.25, 0.3) is 11.3 Å². The first kappa shape index (κ1) is 23.9. The van der Waals surface area contributed by atoms with Crippen LogP contribution in [0.5, 0.6) is 0 Å². The first-order valence-electron chi connectivity index (χ1n) is 9.61. The van der Waals surface area contributed by atoms with Gasteiger partial charge in [-0.25, -0.2) is 9.97 Å². The summed E-state index contributed by atoms with van der Waals surface area (Å²) in [5.41, 5.74) is 2.19. The fourth-order valence-electron chi connectivity index (χ4n) is 3.57. The molecular weight excluding hydrogens is 425 g/mol. The van der Waals surface area contributed by atoms with Crippen LogP contribution in [0.1, 0.15) is 29.7 Å². The smallest absolute Gasteiger partial charge is 0.223 e. The monoisotopic (exact) mass is 451 g/mol. The van der Waals surface area contributed by atoms with E-state index in [1.54, 1.807) is 12.4 Å². The number of hydrogen-bond donors (Lipinski definition) is 1. The Kier molecular flexibility index (Phi) is 8.46. The number of hydrogen-bond acceptors (Lipinski definition) is 5. The van der Waals surface area contributed by atoms with Crippen molar-refractivity contribution in [2.75, 3.05) is 19.6 Å². The van der Waals surface area contributed by atoms with Gasteiger partial charge in [0.05, 0.1) is 6.20 Å². The van der Waals surface area contributed by atoms with Crippen molar-refractivity contribution in [1.29, 1.82) is 0 Å². The van der Waals surface area contributed by atoms with E-state index in [1.165, 1.54) is 5.56 Å². The maximum absolute atomic E-state index is 12.9. The highest BCUT2D eigenvalue weighted by Gasteiger charge is 2.30. The van der Waals surface area contributed by atoms with Gasteiger partial charge in [-0.1, -0.05) is 29.8 Å². The second kappa shape index (κ2) is 10.6. The van der Waals surface area contributed by atoms with E-state index >= 15 is 0 Å². The van der Waals surface area contributed by atoms with Crippen molar-refractivity contribution in [1.82, 2.24) is 24.8 Å². The zero-order valence-electron chi connectivity index (χ0n) is 17.1. The van der Waals surface area contributed by atoms with E-state index in [0.717, 1.165) is 23.7 Å². The van der Waals surface area contributed by atoms with Crippen molar-refractivity contribution in [3.8, 4) is 11.3 Å². The molecule has 9 heteroatoms. The van der Waals surface area contributed by atoms with Gasteiger partial charge in [-0.15, -0.1) is 24.8 Å². The molecule has 1 aliphatic rings. The average Bonchev–Trinajstić information content (AvgIpc) is 3.36. The van der Waals surface area contributed by atoms with Gasteiger partial charge in [-0.2, -0.15) is 0 Å². The summed E-state index contributed by atoms with van der Waals surface area (Å²) in [4.78, 5) is 23.6. The Hall–Kier alpha value is -2.35. The maximum atomic E-state index is 12.9. The number of aromatic nitrogens is 3. The van der Waals surface area contributed by atoms with E-state index in [4.69, 9.17) is 4.42 Å². The van der Waals surface area contributed by atoms with Gasteiger partial charge in [-0.05, 0) is 6.92 Å². The highest BCUT2D eigenvalue weighted by molar-refractivity contribution is 5.85. The Morgan fingerprint density at radius 2 is 2.00 bits per heavy atom. The van der Waals surface area contributed by atoms with Crippen LogP contribution in [-0.2, 0) is 18.3 Å². The highest BCUT2D eigenvalue weighted by atomic mass is 35.5. The van der Waals surface area contributed by atoms with Crippen molar-refractivity contribution in [2.24, 2.45) is 7.05 Å². The van der Waals surface area contributed by atoms with Crippen molar-refractivity contribution >= 4 is 30.7 Å². The molecule has 1 fully saturated rings. The van der Waals surface area contributed by atoms with E-state index in [1.807, 2.05) is 47.0 Å². The van der Waals surface area contributed by atoms with E-state index in [2.05, 4.69) is 22.2 Å². The van der Waals surface area contributed by atoms with Crippen LogP contribution in [0.15, 0.2) is 47.3 Å². The molecule has 4 rings (SSSR count). The molecule has 0 bridgehead atoms. The lowest BCUT2D eigenvalue weighted by molar-refractivity contribution is -0.134. The normalized spacial score (nSPS) is 15.9. The summed E-state index contributed by atoms with van der Waals surface area (Å²) in [6, 6.07) is 8.08. The summed E-state index contributed by atoms with van der Waals surface area (Å²) < 4.78 is 7.83. The Bertz CT molecular complexity index is 954. The molecule has 1 aromatic carbocycles. The van der Waals surface area contributed by atoms with Crippen LogP contribution in [0.2, 0.25) is 0 Å². The molecule has 7 nitrogen and oxygen atoms in total. The number of rotatable bonds is 5. The molecule has 0 aliphatic carbocycles. The maximum Gasteiger partial charge on any atom is 0.223 e. The summed E-state index contributed by atoms with van der Waals surface area (Å²) in [7, 11) is 1.96. The van der Waals surface area contributed by atoms with Crippen LogP contribution < -0.4 is 5.32 Å². The van der Waals surface area contributed by atoms with Gasteiger partial charge >= 0.3 is 0 Å². The van der Waals surface area contributed by atoms with Gasteiger partial charge in [0.15, 0.2) is 11.7 Å². The van der Waals surface area contributed by atoms with Crippen LogP contribution in [-0.4, -0.2) is 45.0 Å². The molecule has 2 aromatic heterocycles. The number of oxazole rings is 1. The molecule has 3 heterocycles. The molecule has 0 spiro atoms. The van der Waals surface area contributed by atoms with Gasteiger partial charge in [0.1, 0.15) is 11.9 Å². The molecule has 1 unspecified atom stereocenters. The third-order valence-corrected chi connectivity index (χ3v) is 5.16. The number of aryl methyl sites for hydroxylation is 3. The van der Waals surface area contributed by atoms with Gasteiger partial charge in [0.2, 0.25) is 5.91 Å². The van der Waals surface area contributed by atoms with Crippen LogP contribution >= 0.6 is 24.8 Å². The lowest BCUT2D eigenvalue weighted by Crippen LogP contribution is -2.49. The van der Waals surface area contributed by atoms with E-state index in [9.17, 15) is 4.79 Å². The molecule has 162 valence electrons. The molecular formula is C21H27Cl2N5O2. The minimum Gasteiger partial charge on any atom is -0.441 e. The van der Waals surface area contributed by atoms with Gasteiger partial charge in [-0.3, -0.25) is 4.79 Å². The zero-order chi connectivity index (χ0) is 19.5. The minimum atomic E-state index is -0.0473. The van der Waals surface area contributed by atoms with Crippen molar-refractivity contribution in [2.45, 2.75) is 25.8 Å². The minimum absolute atomic E-state index is 0. The molecule has 1 saturated heterocycles. The Morgan fingerprint density at radius 1 is 1.23 bits per heavy atom. The number of halogens is 2. The summed E-state index contributed by atoms with van der Waals surface area (Å²) >= 11 is 0. The molecule has 1 N–H and O–H groups in total. The predicted molar refractivity (Wildman–Crippen MR) is 120 cm³/mol. The third-order valence-electron chi connectivity index (χ3n) is 5.16. The van der Waals surface area contributed by atoms with Gasteiger partial charge < -0.3 is 19.2 Å². The molecule has 0 radical (unpaired) electrons. The number of amides is 1. The second-order valence-corrected chi connectivity index (χ2v) is 7.19. The van der Waals surface area contributed by atoms with Crippen LogP contribution in [0, 0.1) is 6.92 Å². The number of nitrogens with zero attached hydrogens (tertiary/aromatic N) is 4. The van der Waals surface area contributed by atoms with Crippen molar-refractivity contribution in [3.05, 3.63) is 60.1 Å². The van der Waals surface area contributed by atoms with Crippen molar-refractivity contribution in [3.63, 3.8) is 0 Å². The fourth-order valence-corrected chi connectivity index (χ4v) is 3.57. The topological polar surface area (TPSA) is 76.2 Å². The lowest BCUT2D eigenvalue weighted by atomic mass is 10.1. The first-order valence-corrected chi connectivity index (χ1v) is 9.61. The highest BCUT2D eigenvalue weighted by Crippen LogP contribution is 2.23. The summed E-state index contributed by atoms with van der Waals surface area (Å²) in [5, 5.41) is 3.36. The molecule has 1 atom stereocenters. The number of nitrogens with one attached hydrogen (secondary N) is 1. The molecule has 0 saturated carbocycles. The summed E-state index contributed by atoms with van der Waals surface area (Å²) in [6.45, 7) is 4.24. The first-order chi connectivity index (χ1) is 13.6. The van der Waals surface area contributed by atoms with Crippen molar-refractivity contribution < 1.29 is 9.21 Å². The van der Waals surface area contributed by atoms with Crippen LogP contribution in [0.3, 0.4) is 0 Å².